The lowest BCUT2D eigenvalue weighted by molar-refractivity contribution is 0.176. The van der Waals surface area contributed by atoms with Crippen LogP contribution < -0.4 is 5.32 Å². The zero-order chi connectivity index (χ0) is 13.2. The number of rotatable bonds is 4. The molecule has 0 aliphatic heterocycles. The maximum atomic E-state index is 9.52. The molecule has 0 radical (unpaired) electrons. The summed E-state index contributed by atoms with van der Waals surface area (Å²) in [5.74, 6) is 1.43. The van der Waals surface area contributed by atoms with Crippen molar-refractivity contribution < 1.29 is 5.11 Å². The van der Waals surface area contributed by atoms with Crippen LogP contribution in [0.1, 0.15) is 43.6 Å². The summed E-state index contributed by atoms with van der Waals surface area (Å²) >= 11 is 3.48. The first kappa shape index (κ1) is 13.6. The van der Waals surface area contributed by atoms with Crippen LogP contribution in [0.2, 0.25) is 0 Å². The first-order chi connectivity index (χ1) is 9.20. The molecule has 1 aromatic rings. The molecule has 0 heterocycles. The average Bonchev–Trinajstić information content (AvgIpc) is 2.75. The predicted molar refractivity (Wildman–Crippen MR) is 81.3 cm³/mol. The lowest BCUT2D eigenvalue weighted by Crippen LogP contribution is -2.42. The van der Waals surface area contributed by atoms with E-state index in [1.54, 1.807) is 0 Å². The fourth-order valence-corrected chi connectivity index (χ4v) is 3.62. The summed E-state index contributed by atoms with van der Waals surface area (Å²) in [6.07, 6.45) is 5.67. The van der Waals surface area contributed by atoms with Crippen molar-refractivity contribution in [3.63, 3.8) is 0 Å². The van der Waals surface area contributed by atoms with Gasteiger partial charge in [-0.25, -0.2) is 0 Å². The highest BCUT2D eigenvalue weighted by Gasteiger charge is 2.31. The van der Waals surface area contributed by atoms with Gasteiger partial charge in [0.15, 0.2) is 0 Å². The smallest absolute Gasteiger partial charge is 0.0543 e. The molecule has 2 nitrogen and oxygen atoms in total. The molecule has 2 aliphatic rings. The Morgan fingerprint density at radius 2 is 1.84 bits per heavy atom. The number of aliphatic hydroxyl groups excluding tert-OH is 1. The van der Waals surface area contributed by atoms with Crippen LogP contribution in [0.25, 0.3) is 0 Å². The Morgan fingerprint density at radius 1 is 1.11 bits per heavy atom. The molecule has 19 heavy (non-hydrogen) atoms. The topological polar surface area (TPSA) is 32.3 Å². The van der Waals surface area contributed by atoms with Crippen LogP contribution in [0.4, 0.5) is 0 Å². The van der Waals surface area contributed by atoms with E-state index in [-0.39, 0.29) is 6.10 Å². The maximum absolute atomic E-state index is 9.52. The molecule has 2 fully saturated rings. The Kier molecular flexibility index (Phi) is 4.25. The second kappa shape index (κ2) is 5.94. The largest absolute Gasteiger partial charge is 0.393 e. The molecule has 2 N–H and O–H groups in total. The highest BCUT2D eigenvalue weighted by Crippen LogP contribution is 2.37. The minimum Gasteiger partial charge on any atom is -0.393 e. The van der Waals surface area contributed by atoms with Crippen LogP contribution >= 0.6 is 15.9 Å². The van der Waals surface area contributed by atoms with Gasteiger partial charge in [0.1, 0.15) is 0 Å². The van der Waals surface area contributed by atoms with Crippen LogP contribution in [0.3, 0.4) is 0 Å². The van der Waals surface area contributed by atoms with Crippen molar-refractivity contribution in [2.24, 2.45) is 5.92 Å². The summed E-state index contributed by atoms with van der Waals surface area (Å²) in [4.78, 5) is 0. The zero-order valence-electron chi connectivity index (χ0n) is 11.2. The van der Waals surface area contributed by atoms with E-state index in [0.717, 1.165) is 29.8 Å². The van der Waals surface area contributed by atoms with Gasteiger partial charge < -0.3 is 10.4 Å². The van der Waals surface area contributed by atoms with Gasteiger partial charge >= 0.3 is 0 Å². The molecule has 0 spiro atoms. The molecule has 2 unspecified atom stereocenters. The van der Waals surface area contributed by atoms with Crippen LogP contribution in [-0.4, -0.2) is 23.8 Å². The highest BCUT2D eigenvalue weighted by atomic mass is 79.9. The molecule has 2 atom stereocenters. The van der Waals surface area contributed by atoms with E-state index in [2.05, 4.69) is 45.5 Å². The van der Waals surface area contributed by atoms with Crippen molar-refractivity contribution in [2.45, 2.75) is 50.2 Å². The maximum Gasteiger partial charge on any atom is 0.0543 e. The van der Waals surface area contributed by atoms with Crippen LogP contribution in [0.5, 0.6) is 0 Å². The average molecular weight is 324 g/mol. The van der Waals surface area contributed by atoms with E-state index in [1.807, 2.05) is 0 Å². The standard InChI is InChI=1S/C16H22BrNO/c17-14-4-2-12(3-5-14)13-8-15(9-13)18-10-11-1-6-16(19)7-11/h2-5,11,13,15-16,18-19H,1,6-10H2. The molecule has 0 amide bonds. The zero-order valence-corrected chi connectivity index (χ0v) is 12.8. The van der Waals surface area contributed by atoms with Crippen molar-refractivity contribution in [1.82, 2.24) is 5.32 Å². The molecule has 0 aromatic heterocycles. The lowest BCUT2D eigenvalue weighted by atomic mass is 9.76. The molecule has 104 valence electrons. The van der Waals surface area contributed by atoms with Crippen LogP contribution in [0.15, 0.2) is 28.7 Å². The Labute approximate surface area is 123 Å². The molecule has 2 aliphatic carbocycles. The van der Waals surface area contributed by atoms with E-state index >= 15 is 0 Å². The van der Waals surface area contributed by atoms with E-state index < -0.39 is 0 Å². The second-order valence-electron chi connectivity index (χ2n) is 6.16. The fourth-order valence-electron chi connectivity index (χ4n) is 3.36. The van der Waals surface area contributed by atoms with Gasteiger partial charge in [0.05, 0.1) is 6.10 Å². The molecule has 0 saturated heterocycles. The second-order valence-corrected chi connectivity index (χ2v) is 7.07. The van der Waals surface area contributed by atoms with E-state index in [4.69, 9.17) is 0 Å². The molecule has 3 heteroatoms. The highest BCUT2D eigenvalue weighted by molar-refractivity contribution is 9.10. The summed E-state index contributed by atoms with van der Waals surface area (Å²) in [5.41, 5.74) is 1.47. The Balaban J connectivity index is 1.39. The fraction of sp³-hybridized carbons (Fsp3) is 0.625. The van der Waals surface area contributed by atoms with Gasteiger partial charge in [-0.3, -0.25) is 0 Å². The number of halogens is 1. The minimum absolute atomic E-state index is 0.0382. The summed E-state index contributed by atoms with van der Waals surface area (Å²) in [5, 5.41) is 13.2. The van der Waals surface area contributed by atoms with Gasteiger partial charge in [-0.1, -0.05) is 28.1 Å². The van der Waals surface area contributed by atoms with Crippen molar-refractivity contribution >= 4 is 15.9 Å². The number of nitrogens with one attached hydrogen (secondary N) is 1. The van der Waals surface area contributed by atoms with Gasteiger partial charge in [-0.05, 0) is 68.2 Å². The molecule has 0 bridgehead atoms. The van der Waals surface area contributed by atoms with Crippen molar-refractivity contribution in [1.29, 1.82) is 0 Å². The molecular weight excluding hydrogens is 302 g/mol. The van der Waals surface area contributed by atoms with Crippen molar-refractivity contribution in [2.75, 3.05) is 6.54 Å². The third-order valence-electron chi connectivity index (χ3n) is 4.69. The third kappa shape index (κ3) is 3.39. The van der Waals surface area contributed by atoms with Gasteiger partial charge in [0.2, 0.25) is 0 Å². The minimum atomic E-state index is -0.0382. The predicted octanol–water partition coefficient (Wildman–Crippen LogP) is 3.45. The van der Waals surface area contributed by atoms with Gasteiger partial charge in [0, 0.05) is 10.5 Å². The van der Waals surface area contributed by atoms with E-state index in [0.29, 0.717) is 12.0 Å². The number of benzene rings is 1. The quantitative estimate of drug-likeness (QED) is 0.889. The normalized spacial score (nSPS) is 34.2. The molecule has 2 saturated carbocycles. The Hall–Kier alpha value is -0.380. The molecular formula is C16H22BrNO. The monoisotopic (exact) mass is 323 g/mol. The Bertz CT molecular complexity index is 413. The van der Waals surface area contributed by atoms with Gasteiger partial charge in [-0.15, -0.1) is 0 Å². The molecule has 3 rings (SSSR count). The lowest BCUT2D eigenvalue weighted by Gasteiger charge is -2.37. The van der Waals surface area contributed by atoms with E-state index in [9.17, 15) is 5.11 Å². The first-order valence-electron chi connectivity index (χ1n) is 7.37. The number of aliphatic hydroxyl groups is 1. The number of hydrogen-bond donors (Lipinski definition) is 2. The third-order valence-corrected chi connectivity index (χ3v) is 5.22. The Morgan fingerprint density at radius 3 is 2.47 bits per heavy atom. The van der Waals surface area contributed by atoms with E-state index in [1.165, 1.54) is 24.8 Å². The first-order valence-corrected chi connectivity index (χ1v) is 8.17. The van der Waals surface area contributed by atoms with Crippen molar-refractivity contribution in [3.8, 4) is 0 Å². The SMILES string of the molecule is OC1CCC(CNC2CC(c3ccc(Br)cc3)C2)C1. The summed E-state index contributed by atoms with van der Waals surface area (Å²) in [6, 6.07) is 9.43. The van der Waals surface area contributed by atoms with Gasteiger partial charge in [0.25, 0.3) is 0 Å². The molecule has 1 aromatic carbocycles. The van der Waals surface area contributed by atoms with Crippen molar-refractivity contribution in [3.05, 3.63) is 34.3 Å². The van der Waals surface area contributed by atoms with Gasteiger partial charge in [-0.2, -0.15) is 0 Å². The van der Waals surface area contributed by atoms with Crippen LogP contribution in [0, 0.1) is 5.92 Å². The summed E-state index contributed by atoms with van der Waals surface area (Å²) in [7, 11) is 0. The number of hydrogen-bond acceptors (Lipinski definition) is 2. The summed E-state index contributed by atoms with van der Waals surface area (Å²) < 4.78 is 1.16. The van der Waals surface area contributed by atoms with Crippen LogP contribution in [-0.2, 0) is 0 Å². The summed E-state index contributed by atoms with van der Waals surface area (Å²) in [6.45, 7) is 1.09.